The van der Waals surface area contributed by atoms with E-state index in [0.29, 0.717) is 17.1 Å². The van der Waals surface area contributed by atoms with E-state index in [-0.39, 0.29) is 24.4 Å². The number of rotatable bonds is 2. The van der Waals surface area contributed by atoms with Crippen molar-refractivity contribution in [2.45, 2.75) is 58.5 Å². The molecule has 1 aliphatic carbocycles. The number of nitrogens with one attached hydrogen (secondary N) is 1. The van der Waals surface area contributed by atoms with Crippen LogP contribution in [0.4, 0.5) is 4.79 Å². The highest BCUT2D eigenvalue weighted by Gasteiger charge is 2.54. The summed E-state index contributed by atoms with van der Waals surface area (Å²) >= 11 is 6.43. The standard InChI is InChI=1S/C21H24ClN3O2/c1-12-7-8-15-10-16(18(22)23-17(15)14(12)3)11-25-19(26)21(24-20(25)27)9-5-4-6-13(21)2/h7-8,10,13H,4-6,9,11H2,1-3H3,(H,24,27)/t13-,21+/m1/s1. The maximum atomic E-state index is 13.2. The molecule has 0 bridgehead atoms. The van der Waals surface area contributed by atoms with Crippen LogP contribution in [0, 0.1) is 19.8 Å². The Morgan fingerprint density at radius 1 is 1.30 bits per heavy atom. The number of pyridine rings is 1. The summed E-state index contributed by atoms with van der Waals surface area (Å²) in [4.78, 5) is 31.6. The van der Waals surface area contributed by atoms with Crippen molar-refractivity contribution in [2.75, 3.05) is 0 Å². The van der Waals surface area contributed by atoms with Gasteiger partial charge in [0.05, 0.1) is 12.1 Å². The van der Waals surface area contributed by atoms with Crippen LogP contribution >= 0.6 is 11.6 Å². The Balaban J connectivity index is 1.68. The lowest BCUT2D eigenvalue weighted by atomic mass is 9.73. The number of carbonyl (C=O) groups is 2. The van der Waals surface area contributed by atoms with E-state index in [9.17, 15) is 9.59 Å². The monoisotopic (exact) mass is 385 g/mol. The van der Waals surface area contributed by atoms with Crippen LogP contribution in [-0.4, -0.2) is 27.4 Å². The Morgan fingerprint density at radius 3 is 2.81 bits per heavy atom. The number of hydrogen-bond donors (Lipinski definition) is 1. The number of carbonyl (C=O) groups excluding carboxylic acids is 2. The van der Waals surface area contributed by atoms with E-state index in [4.69, 9.17) is 11.6 Å². The molecular formula is C21H24ClN3O2. The van der Waals surface area contributed by atoms with Crippen LogP contribution in [0.5, 0.6) is 0 Å². The summed E-state index contributed by atoms with van der Waals surface area (Å²) in [7, 11) is 0. The maximum absolute atomic E-state index is 13.2. The van der Waals surface area contributed by atoms with Crippen molar-refractivity contribution in [2.24, 2.45) is 5.92 Å². The molecule has 4 rings (SSSR count). The van der Waals surface area contributed by atoms with Crippen molar-refractivity contribution in [3.05, 3.63) is 40.0 Å². The summed E-state index contributed by atoms with van der Waals surface area (Å²) in [6.45, 7) is 6.26. The van der Waals surface area contributed by atoms with Gasteiger partial charge < -0.3 is 5.32 Å². The number of amides is 3. The van der Waals surface area contributed by atoms with E-state index in [1.165, 1.54) is 4.90 Å². The van der Waals surface area contributed by atoms with E-state index in [2.05, 4.69) is 17.2 Å². The zero-order chi connectivity index (χ0) is 19.3. The van der Waals surface area contributed by atoms with E-state index in [1.54, 1.807) is 0 Å². The van der Waals surface area contributed by atoms with Crippen LogP contribution in [0.3, 0.4) is 0 Å². The van der Waals surface area contributed by atoms with Crippen LogP contribution in [0.15, 0.2) is 18.2 Å². The predicted molar refractivity (Wildman–Crippen MR) is 106 cm³/mol. The third-order valence-electron chi connectivity index (χ3n) is 6.37. The lowest BCUT2D eigenvalue weighted by molar-refractivity contribution is -0.134. The Kier molecular flexibility index (Phi) is 4.38. The molecule has 1 saturated carbocycles. The van der Waals surface area contributed by atoms with Gasteiger partial charge >= 0.3 is 6.03 Å². The first-order valence-corrected chi connectivity index (χ1v) is 9.91. The molecule has 2 fully saturated rings. The molecule has 3 amide bonds. The molecule has 1 N–H and O–H groups in total. The third-order valence-corrected chi connectivity index (χ3v) is 6.69. The van der Waals surface area contributed by atoms with Gasteiger partial charge in [0.15, 0.2) is 0 Å². The molecule has 142 valence electrons. The van der Waals surface area contributed by atoms with Gasteiger partial charge in [0.2, 0.25) is 0 Å². The summed E-state index contributed by atoms with van der Waals surface area (Å²) in [6, 6.07) is 5.65. The summed E-state index contributed by atoms with van der Waals surface area (Å²) in [5.41, 5.74) is 3.04. The van der Waals surface area contributed by atoms with Gasteiger partial charge in [-0.2, -0.15) is 0 Å². The van der Waals surface area contributed by atoms with Crippen molar-refractivity contribution in [1.82, 2.24) is 15.2 Å². The van der Waals surface area contributed by atoms with Gasteiger partial charge in [-0.25, -0.2) is 9.78 Å². The number of imide groups is 1. The topological polar surface area (TPSA) is 62.3 Å². The summed E-state index contributed by atoms with van der Waals surface area (Å²) in [6.07, 6.45) is 3.72. The van der Waals surface area contributed by atoms with Crippen LogP contribution in [-0.2, 0) is 11.3 Å². The smallest absolute Gasteiger partial charge is 0.323 e. The number of fused-ring (bicyclic) bond motifs is 1. The fraction of sp³-hybridized carbons (Fsp3) is 0.476. The predicted octanol–water partition coefficient (Wildman–Crippen LogP) is 4.51. The lowest BCUT2D eigenvalue weighted by Crippen LogP contribution is -2.53. The van der Waals surface area contributed by atoms with E-state index < -0.39 is 5.54 Å². The van der Waals surface area contributed by atoms with Gasteiger partial charge in [-0.15, -0.1) is 0 Å². The highest BCUT2D eigenvalue weighted by Crippen LogP contribution is 2.39. The van der Waals surface area contributed by atoms with Crippen molar-refractivity contribution in [3.8, 4) is 0 Å². The first kappa shape index (κ1) is 18.2. The minimum absolute atomic E-state index is 0.129. The zero-order valence-corrected chi connectivity index (χ0v) is 16.7. The largest absolute Gasteiger partial charge is 0.325 e. The van der Waals surface area contributed by atoms with Crippen LogP contribution in [0.2, 0.25) is 5.15 Å². The highest BCUT2D eigenvalue weighted by atomic mass is 35.5. The Bertz CT molecular complexity index is 958. The molecule has 27 heavy (non-hydrogen) atoms. The molecule has 1 saturated heterocycles. The fourth-order valence-corrected chi connectivity index (χ4v) is 4.62. The SMILES string of the molecule is Cc1ccc2cc(CN3C(=O)N[C@]4(CCCC[C@H]4C)C3=O)c(Cl)nc2c1C. The Labute approximate surface area is 164 Å². The molecule has 2 atom stereocenters. The molecule has 1 aromatic heterocycles. The Hall–Kier alpha value is -2.14. The van der Waals surface area contributed by atoms with Crippen LogP contribution in [0.1, 0.15) is 49.3 Å². The number of halogens is 1. The number of benzene rings is 1. The van der Waals surface area contributed by atoms with Crippen molar-refractivity contribution in [1.29, 1.82) is 0 Å². The van der Waals surface area contributed by atoms with Gasteiger partial charge in [0.1, 0.15) is 10.7 Å². The second kappa shape index (κ2) is 6.48. The van der Waals surface area contributed by atoms with Gasteiger partial charge in [-0.05, 0) is 49.8 Å². The van der Waals surface area contributed by atoms with Gasteiger partial charge in [-0.1, -0.05) is 43.5 Å². The summed E-state index contributed by atoms with van der Waals surface area (Å²) < 4.78 is 0. The third kappa shape index (κ3) is 2.80. The Morgan fingerprint density at radius 2 is 2.07 bits per heavy atom. The quantitative estimate of drug-likeness (QED) is 0.611. The lowest BCUT2D eigenvalue weighted by Gasteiger charge is -2.36. The molecule has 1 aromatic carbocycles. The normalized spacial score (nSPS) is 25.5. The minimum Gasteiger partial charge on any atom is -0.323 e. The molecule has 0 radical (unpaired) electrons. The van der Waals surface area contributed by atoms with E-state index in [0.717, 1.165) is 41.3 Å². The van der Waals surface area contributed by atoms with Gasteiger partial charge in [-0.3, -0.25) is 9.69 Å². The molecule has 2 aliphatic rings. The summed E-state index contributed by atoms with van der Waals surface area (Å²) in [5.74, 6) is 0.0134. The van der Waals surface area contributed by atoms with Gasteiger partial charge in [0, 0.05) is 10.9 Å². The van der Waals surface area contributed by atoms with Crippen molar-refractivity contribution in [3.63, 3.8) is 0 Å². The zero-order valence-electron chi connectivity index (χ0n) is 15.9. The molecule has 6 heteroatoms. The van der Waals surface area contributed by atoms with Crippen LogP contribution in [0.25, 0.3) is 10.9 Å². The number of aryl methyl sites for hydroxylation is 2. The molecule has 1 spiro atoms. The van der Waals surface area contributed by atoms with Crippen molar-refractivity contribution < 1.29 is 9.59 Å². The molecule has 1 aliphatic heterocycles. The maximum Gasteiger partial charge on any atom is 0.325 e. The summed E-state index contributed by atoms with van der Waals surface area (Å²) in [5, 5.41) is 4.29. The molecule has 2 aromatic rings. The number of hydrogen-bond acceptors (Lipinski definition) is 3. The highest BCUT2D eigenvalue weighted by molar-refractivity contribution is 6.30. The van der Waals surface area contributed by atoms with E-state index in [1.807, 2.05) is 32.0 Å². The first-order chi connectivity index (χ1) is 12.8. The van der Waals surface area contributed by atoms with Crippen molar-refractivity contribution >= 4 is 34.4 Å². The second-order valence-electron chi connectivity index (χ2n) is 7.96. The molecule has 0 unspecified atom stereocenters. The van der Waals surface area contributed by atoms with Crippen LogP contribution < -0.4 is 5.32 Å². The molecular weight excluding hydrogens is 362 g/mol. The molecule has 5 nitrogen and oxygen atoms in total. The van der Waals surface area contributed by atoms with E-state index >= 15 is 0 Å². The minimum atomic E-state index is -0.750. The molecule has 2 heterocycles. The average Bonchev–Trinajstić information content (AvgIpc) is 2.87. The number of urea groups is 1. The van der Waals surface area contributed by atoms with Gasteiger partial charge in [0.25, 0.3) is 5.91 Å². The number of aromatic nitrogens is 1. The fourth-order valence-electron chi connectivity index (χ4n) is 4.42. The number of nitrogens with zero attached hydrogens (tertiary/aromatic N) is 2. The first-order valence-electron chi connectivity index (χ1n) is 9.53. The average molecular weight is 386 g/mol. The second-order valence-corrected chi connectivity index (χ2v) is 8.32.